The minimum absolute atomic E-state index is 0.0564. The van der Waals surface area contributed by atoms with Gasteiger partial charge in [-0.05, 0) is 45.7 Å². The molecule has 1 heterocycles. The molecular weight excluding hydrogens is 240 g/mol. The largest absolute Gasteiger partial charge is 0.465 e. The Bertz CT molecular complexity index is 253. The van der Waals surface area contributed by atoms with Crippen LogP contribution in [0.25, 0.3) is 0 Å². The van der Waals surface area contributed by atoms with Gasteiger partial charge in [0, 0.05) is 12.6 Å². The Hall–Kier alpha value is -0.610. The molecule has 4 nitrogen and oxygen atoms in total. The molecule has 1 rings (SSSR count). The van der Waals surface area contributed by atoms with Gasteiger partial charge >= 0.3 is 5.97 Å². The lowest BCUT2D eigenvalue weighted by atomic mass is 10.1. The van der Waals surface area contributed by atoms with Crippen molar-refractivity contribution < 1.29 is 9.53 Å². The fourth-order valence-corrected chi connectivity index (χ4v) is 2.74. The van der Waals surface area contributed by atoms with Gasteiger partial charge in [0.2, 0.25) is 0 Å². The molecule has 1 N–H and O–H groups in total. The van der Waals surface area contributed by atoms with Gasteiger partial charge in [0.15, 0.2) is 0 Å². The summed E-state index contributed by atoms with van der Waals surface area (Å²) in [4.78, 5) is 14.4. The molecule has 0 radical (unpaired) electrons. The topological polar surface area (TPSA) is 41.6 Å². The summed E-state index contributed by atoms with van der Waals surface area (Å²) in [5.74, 6) is -0.0564. The lowest BCUT2D eigenvalue weighted by Crippen LogP contribution is -2.47. The number of esters is 1. The molecule has 1 saturated heterocycles. The molecule has 1 aliphatic rings. The zero-order valence-corrected chi connectivity index (χ0v) is 12.8. The summed E-state index contributed by atoms with van der Waals surface area (Å²) in [6.07, 6.45) is 5.61. The van der Waals surface area contributed by atoms with Crippen molar-refractivity contribution in [2.75, 3.05) is 26.2 Å². The summed E-state index contributed by atoms with van der Waals surface area (Å²) < 4.78 is 5.22. The standard InChI is InChI=1S/C15H30N2O2/c1-4-7-11-17(12-13-9-8-10-16-13)14(5-2)15(18)19-6-3/h13-14,16H,4-12H2,1-3H3. The van der Waals surface area contributed by atoms with Crippen LogP contribution in [0, 0.1) is 0 Å². The monoisotopic (exact) mass is 270 g/mol. The zero-order chi connectivity index (χ0) is 14.1. The first kappa shape index (κ1) is 16.4. The lowest BCUT2D eigenvalue weighted by Gasteiger charge is -2.31. The number of hydrogen-bond acceptors (Lipinski definition) is 4. The van der Waals surface area contributed by atoms with Crippen LogP contribution in [0.2, 0.25) is 0 Å². The quantitative estimate of drug-likeness (QED) is 0.652. The van der Waals surface area contributed by atoms with Crippen LogP contribution in [0.5, 0.6) is 0 Å². The maximum atomic E-state index is 12.1. The van der Waals surface area contributed by atoms with Crippen molar-refractivity contribution in [2.45, 2.75) is 65.0 Å². The number of nitrogens with zero attached hydrogens (tertiary/aromatic N) is 1. The van der Waals surface area contributed by atoms with Crippen LogP contribution >= 0.6 is 0 Å². The van der Waals surface area contributed by atoms with Gasteiger partial charge in [0.05, 0.1) is 6.61 Å². The third-order valence-electron chi connectivity index (χ3n) is 3.80. The molecule has 1 fully saturated rings. The summed E-state index contributed by atoms with van der Waals surface area (Å²) in [5.41, 5.74) is 0. The molecule has 4 heteroatoms. The summed E-state index contributed by atoms with van der Waals surface area (Å²) in [5, 5.41) is 3.52. The molecule has 0 spiro atoms. The van der Waals surface area contributed by atoms with Crippen LogP contribution < -0.4 is 5.32 Å². The van der Waals surface area contributed by atoms with Gasteiger partial charge in [0.25, 0.3) is 0 Å². The second kappa shape index (κ2) is 9.32. The van der Waals surface area contributed by atoms with E-state index < -0.39 is 0 Å². The highest BCUT2D eigenvalue weighted by Crippen LogP contribution is 2.13. The number of ether oxygens (including phenoxy) is 1. The Balaban J connectivity index is 2.59. The van der Waals surface area contributed by atoms with E-state index in [0.717, 1.165) is 38.9 Å². The number of rotatable bonds is 9. The molecule has 0 aliphatic carbocycles. The Morgan fingerprint density at radius 2 is 2.21 bits per heavy atom. The predicted octanol–water partition coefficient (Wildman–Crippen LogP) is 2.18. The van der Waals surface area contributed by atoms with E-state index in [2.05, 4.69) is 24.1 Å². The van der Waals surface area contributed by atoms with Gasteiger partial charge in [-0.2, -0.15) is 0 Å². The number of unbranched alkanes of at least 4 members (excludes halogenated alkanes) is 1. The molecule has 0 saturated carbocycles. The van der Waals surface area contributed by atoms with Crippen LogP contribution in [0.4, 0.5) is 0 Å². The predicted molar refractivity (Wildman–Crippen MR) is 78.2 cm³/mol. The fourth-order valence-electron chi connectivity index (χ4n) is 2.74. The molecule has 19 heavy (non-hydrogen) atoms. The SMILES string of the molecule is CCCCN(CC1CCCN1)C(CC)C(=O)OCC. The van der Waals surface area contributed by atoms with E-state index in [1.54, 1.807) is 0 Å². The average molecular weight is 270 g/mol. The lowest BCUT2D eigenvalue weighted by molar-refractivity contribution is -0.149. The van der Waals surface area contributed by atoms with Crippen molar-refractivity contribution in [2.24, 2.45) is 0 Å². The Morgan fingerprint density at radius 3 is 2.74 bits per heavy atom. The Morgan fingerprint density at radius 1 is 1.42 bits per heavy atom. The summed E-state index contributed by atoms with van der Waals surface area (Å²) in [6.45, 7) is 9.68. The van der Waals surface area contributed by atoms with Crippen molar-refractivity contribution in [3.63, 3.8) is 0 Å². The average Bonchev–Trinajstić information content (AvgIpc) is 2.89. The third kappa shape index (κ3) is 5.49. The second-order valence-corrected chi connectivity index (χ2v) is 5.32. The zero-order valence-electron chi connectivity index (χ0n) is 12.8. The fraction of sp³-hybridized carbons (Fsp3) is 0.933. The number of hydrogen-bond donors (Lipinski definition) is 1. The first-order chi connectivity index (χ1) is 9.22. The van der Waals surface area contributed by atoms with Crippen LogP contribution in [0.15, 0.2) is 0 Å². The van der Waals surface area contributed by atoms with E-state index >= 15 is 0 Å². The van der Waals surface area contributed by atoms with Gasteiger partial charge in [-0.25, -0.2) is 0 Å². The third-order valence-corrected chi connectivity index (χ3v) is 3.80. The molecule has 1 aliphatic heterocycles. The molecule has 2 atom stereocenters. The highest BCUT2D eigenvalue weighted by molar-refractivity contribution is 5.75. The van der Waals surface area contributed by atoms with Gasteiger partial charge in [-0.3, -0.25) is 9.69 Å². The van der Waals surface area contributed by atoms with Gasteiger partial charge in [-0.15, -0.1) is 0 Å². The van der Waals surface area contributed by atoms with Crippen molar-refractivity contribution in [1.82, 2.24) is 10.2 Å². The molecule has 0 aromatic rings. The van der Waals surface area contributed by atoms with E-state index in [0.29, 0.717) is 12.6 Å². The normalized spacial score (nSPS) is 20.7. The maximum Gasteiger partial charge on any atom is 0.323 e. The van der Waals surface area contributed by atoms with Crippen LogP contribution in [-0.4, -0.2) is 49.2 Å². The number of carbonyl (C=O) groups excluding carboxylic acids is 1. The number of nitrogens with one attached hydrogen (secondary N) is 1. The Kier molecular flexibility index (Phi) is 8.07. The van der Waals surface area contributed by atoms with Gasteiger partial charge < -0.3 is 10.1 Å². The smallest absolute Gasteiger partial charge is 0.323 e. The van der Waals surface area contributed by atoms with Crippen molar-refractivity contribution in [3.8, 4) is 0 Å². The Labute approximate surface area is 117 Å². The minimum atomic E-state index is -0.0751. The second-order valence-electron chi connectivity index (χ2n) is 5.32. The first-order valence-electron chi connectivity index (χ1n) is 7.86. The molecule has 0 aromatic carbocycles. The van der Waals surface area contributed by atoms with Crippen molar-refractivity contribution in [3.05, 3.63) is 0 Å². The molecular formula is C15H30N2O2. The van der Waals surface area contributed by atoms with Crippen LogP contribution in [0.1, 0.15) is 52.9 Å². The van der Waals surface area contributed by atoms with E-state index in [-0.39, 0.29) is 12.0 Å². The molecule has 0 amide bonds. The molecule has 112 valence electrons. The van der Waals surface area contributed by atoms with E-state index in [1.165, 1.54) is 12.8 Å². The van der Waals surface area contributed by atoms with E-state index in [4.69, 9.17) is 4.74 Å². The van der Waals surface area contributed by atoms with Crippen LogP contribution in [-0.2, 0) is 9.53 Å². The maximum absolute atomic E-state index is 12.1. The summed E-state index contributed by atoms with van der Waals surface area (Å²) in [6, 6.07) is 0.467. The van der Waals surface area contributed by atoms with E-state index in [9.17, 15) is 4.79 Å². The summed E-state index contributed by atoms with van der Waals surface area (Å²) in [7, 11) is 0. The van der Waals surface area contributed by atoms with E-state index in [1.807, 2.05) is 6.92 Å². The highest BCUT2D eigenvalue weighted by atomic mass is 16.5. The molecule has 2 unspecified atom stereocenters. The minimum Gasteiger partial charge on any atom is -0.465 e. The van der Waals surface area contributed by atoms with Gasteiger partial charge in [0.1, 0.15) is 6.04 Å². The highest BCUT2D eigenvalue weighted by Gasteiger charge is 2.28. The number of carbonyl (C=O) groups is 1. The first-order valence-corrected chi connectivity index (χ1v) is 7.86. The van der Waals surface area contributed by atoms with Gasteiger partial charge in [-0.1, -0.05) is 20.3 Å². The molecule has 0 bridgehead atoms. The van der Waals surface area contributed by atoms with Crippen molar-refractivity contribution >= 4 is 5.97 Å². The van der Waals surface area contributed by atoms with Crippen molar-refractivity contribution in [1.29, 1.82) is 0 Å². The van der Waals surface area contributed by atoms with Crippen LogP contribution in [0.3, 0.4) is 0 Å². The summed E-state index contributed by atoms with van der Waals surface area (Å²) >= 11 is 0. The molecule has 0 aromatic heterocycles.